The van der Waals surface area contributed by atoms with Crippen molar-refractivity contribution in [2.45, 2.75) is 18.4 Å². The Balaban J connectivity index is 1.73. The van der Waals surface area contributed by atoms with Gasteiger partial charge < -0.3 is 5.32 Å². The SMILES string of the molecule is Cc1ccc(C(=O)Nc2ccc(S(=O)(=O)N(C)Cc3ccccc3)cc2)cc1[N+](=O)[O-]. The number of hydrogen-bond acceptors (Lipinski definition) is 5. The minimum absolute atomic E-state index is 0.0925. The van der Waals surface area contributed by atoms with Crippen molar-refractivity contribution in [3.8, 4) is 0 Å². The summed E-state index contributed by atoms with van der Waals surface area (Å²) < 4.78 is 26.9. The Kier molecular flexibility index (Phi) is 6.47. The van der Waals surface area contributed by atoms with Crippen LogP contribution in [0.25, 0.3) is 0 Å². The number of benzene rings is 3. The summed E-state index contributed by atoms with van der Waals surface area (Å²) in [5.41, 5.74) is 1.69. The summed E-state index contributed by atoms with van der Waals surface area (Å²) in [4.78, 5) is 23.1. The average Bonchev–Trinajstić information content (AvgIpc) is 2.75. The monoisotopic (exact) mass is 439 g/mol. The molecule has 3 rings (SSSR count). The van der Waals surface area contributed by atoms with Crippen molar-refractivity contribution < 1.29 is 18.1 Å². The van der Waals surface area contributed by atoms with E-state index in [1.165, 1.54) is 53.8 Å². The molecule has 0 aromatic heterocycles. The lowest BCUT2D eigenvalue weighted by molar-refractivity contribution is -0.385. The van der Waals surface area contributed by atoms with Gasteiger partial charge in [-0.25, -0.2) is 8.42 Å². The minimum Gasteiger partial charge on any atom is -0.322 e. The van der Waals surface area contributed by atoms with Crippen LogP contribution in [0.3, 0.4) is 0 Å². The summed E-state index contributed by atoms with van der Waals surface area (Å²) >= 11 is 0. The van der Waals surface area contributed by atoms with Crippen molar-refractivity contribution in [2.24, 2.45) is 0 Å². The van der Waals surface area contributed by atoms with E-state index in [1.54, 1.807) is 6.92 Å². The molecular weight excluding hydrogens is 418 g/mol. The smallest absolute Gasteiger partial charge is 0.273 e. The number of hydrogen-bond donors (Lipinski definition) is 1. The zero-order chi connectivity index (χ0) is 22.6. The molecule has 0 aliphatic rings. The Morgan fingerprint density at radius 1 is 1.03 bits per heavy atom. The third-order valence-electron chi connectivity index (χ3n) is 4.74. The molecule has 0 saturated carbocycles. The van der Waals surface area contributed by atoms with E-state index in [4.69, 9.17) is 0 Å². The lowest BCUT2D eigenvalue weighted by Gasteiger charge is -2.17. The highest BCUT2D eigenvalue weighted by atomic mass is 32.2. The van der Waals surface area contributed by atoms with Crippen LogP contribution in [0.5, 0.6) is 0 Å². The van der Waals surface area contributed by atoms with Crippen LogP contribution in [-0.4, -0.2) is 30.6 Å². The van der Waals surface area contributed by atoms with E-state index in [0.717, 1.165) is 5.56 Å². The molecule has 1 amide bonds. The number of nitro groups is 1. The van der Waals surface area contributed by atoms with Gasteiger partial charge in [0.25, 0.3) is 11.6 Å². The first-order valence-electron chi connectivity index (χ1n) is 9.35. The molecule has 0 spiro atoms. The molecule has 0 aliphatic carbocycles. The number of carbonyl (C=O) groups excluding carboxylic acids is 1. The molecule has 0 radical (unpaired) electrons. The molecular formula is C22H21N3O5S. The molecule has 31 heavy (non-hydrogen) atoms. The molecule has 1 N–H and O–H groups in total. The first-order valence-corrected chi connectivity index (χ1v) is 10.8. The summed E-state index contributed by atoms with van der Waals surface area (Å²) in [5, 5.41) is 13.7. The van der Waals surface area contributed by atoms with Gasteiger partial charge in [0.05, 0.1) is 9.82 Å². The van der Waals surface area contributed by atoms with Gasteiger partial charge in [0.2, 0.25) is 10.0 Å². The Hall–Kier alpha value is -3.56. The molecule has 0 unspecified atom stereocenters. The standard InChI is InChI=1S/C22H21N3O5S/c1-16-8-9-18(14-21(16)25(27)28)22(26)23-19-10-12-20(13-11-19)31(29,30)24(2)15-17-6-4-3-5-7-17/h3-14H,15H2,1-2H3,(H,23,26). The van der Waals surface area contributed by atoms with Crippen molar-refractivity contribution in [3.05, 3.63) is 99.6 Å². The lowest BCUT2D eigenvalue weighted by atomic mass is 10.1. The van der Waals surface area contributed by atoms with Crippen LogP contribution < -0.4 is 5.32 Å². The summed E-state index contributed by atoms with van der Waals surface area (Å²) in [5.74, 6) is -0.528. The number of anilines is 1. The van der Waals surface area contributed by atoms with Crippen molar-refractivity contribution in [3.63, 3.8) is 0 Å². The zero-order valence-electron chi connectivity index (χ0n) is 17.0. The second-order valence-electron chi connectivity index (χ2n) is 6.98. The van der Waals surface area contributed by atoms with Crippen LogP contribution in [0, 0.1) is 17.0 Å². The van der Waals surface area contributed by atoms with Crippen molar-refractivity contribution >= 4 is 27.3 Å². The zero-order valence-corrected chi connectivity index (χ0v) is 17.8. The van der Waals surface area contributed by atoms with E-state index in [-0.39, 0.29) is 22.7 Å². The van der Waals surface area contributed by atoms with Gasteiger partial charge in [0, 0.05) is 36.5 Å². The molecule has 3 aromatic rings. The Morgan fingerprint density at radius 2 is 1.68 bits per heavy atom. The Bertz CT molecular complexity index is 1210. The molecule has 0 aliphatic heterocycles. The quantitative estimate of drug-likeness (QED) is 0.442. The maximum absolute atomic E-state index is 12.8. The van der Waals surface area contributed by atoms with Crippen LogP contribution in [0.2, 0.25) is 0 Å². The van der Waals surface area contributed by atoms with E-state index < -0.39 is 20.9 Å². The van der Waals surface area contributed by atoms with Gasteiger partial charge in [-0.1, -0.05) is 36.4 Å². The number of carbonyl (C=O) groups is 1. The van der Waals surface area contributed by atoms with Crippen molar-refractivity contribution in [1.29, 1.82) is 0 Å². The van der Waals surface area contributed by atoms with Gasteiger partial charge in [0.15, 0.2) is 0 Å². The number of rotatable bonds is 7. The predicted molar refractivity (Wildman–Crippen MR) is 117 cm³/mol. The fourth-order valence-electron chi connectivity index (χ4n) is 2.97. The van der Waals surface area contributed by atoms with E-state index >= 15 is 0 Å². The Morgan fingerprint density at radius 3 is 2.29 bits per heavy atom. The topological polar surface area (TPSA) is 110 Å². The van der Waals surface area contributed by atoms with Crippen LogP contribution >= 0.6 is 0 Å². The largest absolute Gasteiger partial charge is 0.322 e. The molecule has 3 aromatic carbocycles. The number of aryl methyl sites for hydroxylation is 1. The molecule has 160 valence electrons. The number of sulfonamides is 1. The van der Waals surface area contributed by atoms with Gasteiger partial charge in [-0.15, -0.1) is 0 Å². The van der Waals surface area contributed by atoms with E-state index in [9.17, 15) is 23.3 Å². The average molecular weight is 439 g/mol. The maximum Gasteiger partial charge on any atom is 0.273 e. The number of nitrogens with one attached hydrogen (secondary N) is 1. The number of amides is 1. The van der Waals surface area contributed by atoms with Gasteiger partial charge in [-0.2, -0.15) is 4.31 Å². The summed E-state index contributed by atoms with van der Waals surface area (Å²) in [6.07, 6.45) is 0. The number of nitro benzene ring substituents is 1. The first-order chi connectivity index (χ1) is 14.7. The molecule has 0 atom stereocenters. The normalized spacial score (nSPS) is 11.3. The van der Waals surface area contributed by atoms with Crippen LogP contribution in [0.15, 0.2) is 77.7 Å². The molecule has 0 bridgehead atoms. The van der Waals surface area contributed by atoms with Crippen molar-refractivity contribution in [1.82, 2.24) is 4.31 Å². The van der Waals surface area contributed by atoms with E-state index in [1.807, 2.05) is 30.3 Å². The summed E-state index contributed by atoms with van der Waals surface area (Å²) in [6.45, 7) is 1.82. The summed E-state index contributed by atoms with van der Waals surface area (Å²) in [6, 6.07) is 19.2. The van der Waals surface area contributed by atoms with Gasteiger partial charge >= 0.3 is 0 Å². The lowest BCUT2D eigenvalue weighted by Crippen LogP contribution is -2.26. The first kappa shape index (κ1) is 22.1. The molecule has 9 heteroatoms. The maximum atomic E-state index is 12.8. The molecule has 0 fully saturated rings. The Labute approximate surface area is 180 Å². The minimum atomic E-state index is -3.71. The highest BCUT2D eigenvalue weighted by Gasteiger charge is 2.21. The van der Waals surface area contributed by atoms with Crippen LogP contribution in [-0.2, 0) is 16.6 Å². The van der Waals surface area contributed by atoms with Gasteiger partial charge in [-0.05, 0) is 42.8 Å². The highest BCUT2D eigenvalue weighted by Crippen LogP contribution is 2.22. The predicted octanol–water partition coefficient (Wildman–Crippen LogP) is 3.98. The van der Waals surface area contributed by atoms with E-state index in [0.29, 0.717) is 11.3 Å². The fourth-order valence-corrected chi connectivity index (χ4v) is 4.13. The molecule has 0 heterocycles. The van der Waals surface area contributed by atoms with Crippen LogP contribution in [0.4, 0.5) is 11.4 Å². The number of nitrogens with zero attached hydrogens (tertiary/aromatic N) is 2. The summed E-state index contributed by atoms with van der Waals surface area (Å²) in [7, 11) is -2.21. The fraction of sp³-hybridized carbons (Fsp3) is 0.136. The van der Waals surface area contributed by atoms with Crippen LogP contribution in [0.1, 0.15) is 21.5 Å². The highest BCUT2D eigenvalue weighted by molar-refractivity contribution is 7.89. The van der Waals surface area contributed by atoms with Gasteiger partial charge in [0.1, 0.15) is 0 Å². The van der Waals surface area contributed by atoms with E-state index in [2.05, 4.69) is 5.32 Å². The second-order valence-corrected chi connectivity index (χ2v) is 9.03. The second kappa shape index (κ2) is 9.07. The molecule has 0 saturated heterocycles. The third-order valence-corrected chi connectivity index (χ3v) is 6.55. The third kappa shape index (κ3) is 5.14. The van der Waals surface area contributed by atoms with Crippen molar-refractivity contribution in [2.75, 3.05) is 12.4 Å². The molecule has 8 nitrogen and oxygen atoms in total. The van der Waals surface area contributed by atoms with Gasteiger partial charge in [-0.3, -0.25) is 14.9 Å².